The number of aliphatic imine (C=N–C) groups is 1. The number of hydrogen-bond acceptors (Lipinski definition) is 3. The molecule has 0 aliphatic heterocycles. The summed E-state index contributed by atoms with van der Waals surface area (Å²) in [4.78, 5) is 17.3. The maximum Gasteiger partial charge on any atom is 0.245 e. The fourth-order valence-corrected chi connectivity index (χ4v) is 3.75. The predicted molar refractivity (Wildman–Crippen MR) is 115 cm³/mol. The first-order chi connectivity index (χ1) is 13.6. The van der Waals surface area contributed by atoms with Crippen molar-refractivity contribution in [3.63, 3.8) is 0 Å². The van der Waals surface area contributed by atoms with E-state index in [9.17, 15) is 9.90 Å². The zero-order valence-electron chi connectivity index (χ0n) is 16.8. The van der Waals surface area contributed by atoms with Gasteiger partial charge in [-0.2, -0.15) is 0 Å². The molecule has 2 N–H and O–H groups in total. The number of aromatic hydroxyl groups is 1. The highest BCUT2D eigenvalue weighted by Gasteiger charge is 2.24. The van der Waals surface area contributed by atoms with E-state index >= 15 is 0 Å². The van der Waals surface area contributed by atoms with Crippen molar-refractivity contribution in [2.24, 2.45) is 10.9 Å². The quantitative estimate of drug-likeness (QED) is 0.699. The van der Waals surface area contributed by atoms with Gasteiger partial charge in [-0.15, -0.1) is 0 Å². The smallest absolute Gasteiger partial charge is 0.245 e. The van der Waals surface area contributed by atoms with Gasteiger partial charge in [-0.1, -0.05) is 75.6 Å². The molecule has 4 heteroatoms. The Morgan fingerprint density at radius 1 is 1.07 bits per heavy atom. The summed E-state index contributed by atoms with van der Waals surface area (Å²) in [6.45, 7) is 4.01. The molecule has 1 atom stereocenters. The van der Waals surface area contributed by atoms with Gasteiger partial charge in [-0.25, -0.2) is 0 Å². The van der Waals surface area contributed by atoms with Gasteiger partial charge in [-0.05, 0) is 30.4 Å². The summed E-state index contributed by atoms with van der Waals surface area (Å²) in [6.07, 6.45) is 7.36. The van der Waals surface area contributed by atoms with E-state index in [-0.39, 0.29) is 23.6 Å². The van der Waals surface area contributed by atoms with Crippen molar-refractivity contribution in [2.45, 2.75) is 58.0 Å². The van der Waals surface area contributed by atoms with Gasteiger partial charge < -0.3 is 10.4 Å². The van der Waals surface area contributed by atoms with Crippen molar-refractivity contribution in [3.05, 3.63) is 54.1 Å². The van der Waals surface area contributed by atoms with Gasteiger partial charge in [0, 0.05) is 23.4 Å². The van der Waals surface area contributed by atoms with Crippen molar-refractivity contribution in [1.82, 2.24) is 5.32 Å². The van der Waals surface area contributed by atoms with E-state index in [0.717, 1.165) is 24.0 Å². The van der Waals surface area contributed by atoms with E-state index in [1.54, 1.807) is 6.21 Å². The summed E-state index contributed by atoms with van der Waals surface area (Å²) in [6, 6.07) is 15.2. The van der Waals surface area contributed by atoms with Crippen molar-refractivity contribution in [3.8, 4) is 16.9 Å². The number of hydrogen-bond donors (Lipinski definition) is 2. The fourth-order valence-electron chi connectivity index (χ4n) is 3.75. The average Bonchev–Trinajstić information content (AvgIpc) is 2.70. The normalized spacial score (nSPS) is 16.4. The van der Waals surface area contributed by atoms with Crippen LogP contribution >= 0.6 is 0 Å². The van der Waals surface area contributed by atoms with E-state index in [2.05, 4.69) is 10.3 Å². The van der Waals surface area contributed by atoms with E-state index in [0.29, 0.717) is 5.56 Å². The van der Waals surface area contributed by atoms with Crippen LogP contribution in [0.1, 0.15) is 51.5 Å². The van der Waals surface area contributed by atoms with Crippen LogP contribution < -0.4 is 5.32 Å². The van der Waals surface area contributed by atoms with Crippen LogP contribution in [0.15, 0.2) is 53.5 Å². The lowest BCUT2D eigenvalue weighted by Gasteiger charge is -2.25. The molecule has 0 saturated heterocycles. The molecule has 2 aromatic carbocycles. The lowest BCUT2D eigenvalue weighted by atomic mass is 9.94. The average molecular weight is 379 g/mol. The minimum atomic E-state index is -0.457. The van der Waals surface area contributed by atoms with Crippen LogP contribution in [-0.4, -0.2) is 29.3 Å². The minimum Gasteiger partial charge on any atom is -0.507 e. The van der Waals surface area contributed by atoms with Crippen molar-refractivity contribution in [2.75, 3.05) is 0 Å². The van der Waals surface area contributed by atoms with Crippen LogP contribution in [0.4, 0.5) is 0 Å². The van der Waals surface area contributed by atoms with Crippen LogP contribution in [0.3, 0.4) is 0 Å². The van der Waals surface area contributed by atoms with E-state index in [4.69, 9.17) is 0 Å². The standard InChI is InChI=1S/C24H30N2O2/c1-17(2)22(24(28)26-20-13-7-4-8-14-20)25-16-19-12-9-15-21(23(19)27)18-10-5-3-6-11-18/h3,5-6,9-12,15-17,20,22,27H,4,7-8,13-14H2,1-2H3,(H,26,28)/b25-16-/t22-/m0/s1. The maximum atomic E-state index is 12.8. The first kappa shape index (κ1) is 20.1. The molecule has 1 aliphatic rings. The third-order valence-corrected chi connectivity index (χ3v) is 5.38. The van der Waals surface area contributed by atoms with Crippen LogP contribution in [0, 0.1) is 5.92 Å². The molecule has 148 valence electrons. The van der Waals surface area contributed by atoms with Crippen molar-refractivity contribution >= 4 is 12.1 Å². The van der Waals surface area contributed by atoms with Crippen molar-refractivity contribution in [1.29, 1.82) is 0 Å². The molecule has 0 heterocycles. The number of nitrogens with one attached hydrogen (secondary N) is 1. The fraction of sp³-hybridized carbons (Fsp3) is 0.417. The van der Waals surface area contributed by atoms with Gasteiger partial charge in [0.1, 0.15) is 11.8 Å². The van der Waals surface area contributed by atoms with Crippen LogP contribution in [0.2, 0.25) is 0 Å². The maximum absolute atomic E-state index is 12.8. The summed E-state index contributed by atoms with van der Waals surface area (Å²) >= 11 is 0. The van der Waals surface area contributed by atoms with Crippen LogP contribution in [0.5, 0.6) is 5.75 Å². The van der Waals surface area contributed by atoms with Gasteiger partial charge >= 0.3 is 0 Å². The van der Waals surface area contributed by atoms with E-state index in [1.165, 1.54) is 19.3 Å². The lowest BCUT2D eigenvalue weighted by molar-refractivity contribution is -0.124. The Kier molecular flexibility index (Phi) is 6.85. The Balaban J connectivity index is 1.77. The molecule has 0 aromatic heterocycles. The second kappa shape index (κ2) is 9.54. The van der Waals surface area contributed by atoms with E-state index in [1.807, 2.05) is 62.4 Å². The Morgan fingerprint density at radius 3 is 2.46 bits per heavy atom. The third kappa shape index (κ3) is 5.00. The van der Waals surface area contributed by atoms with Gasteiger partial charge in [0.25, 0.3) is 0 Å². The second-order valence-electron chi connectivity index (χ2n) is 7.92. The molecule has 28 heavy (non-hydrogen) atoms. The number of rotatable bonds is 6. The number of carbonyl (C=O) groups excluding carboxylic acids is 1. The molecule has 0 bridgehead atoms. The highest BCUT2D eigenvalue weighted by molar-refractivity contribution is 5.91. The van der Waals surface area contributed by atoms with Crippen molar-refractivity contribution < 1.29 is 9.90 Å². The summed E-state index contributed by atoms with van der Waals surface area (Å²) in [7, 11) is 0. The summed E-state index contributed by atoms with van der Waals surface area (Å²) in [5.74, 6) is 0.254. The molecule has 1 fully saturated rings. The second-order valence-corrected chi connectivity index (χ2v) is 7.92. The Bertz CT molecular complexity index is 809. The van der Waals surface area contributed by atoms with Crippen LogP contribution in [0.25, 0.3) is 11.1 Å². The monoisotopic (exact) mass is 378 g/mol. The molecule has 1 amide bonds. The molecular weight excluding hydrogens is 348 g/mol. The molecule has 0 unspecified atom stereocenters. The molecular formula is C24H30N2O2. The van der Waals surface area contributed by atoms with Gasteiger partial charge in [0.15, 0.2) is 0 Å². The van der Waals surface area contributed by atoms with Gasteiger partial charge in [0.2, 0.25) is 5.91 Å². The first-order valence-electron chi connectivity index (χ1n) is 10.3. The molecule has 1 saturated carbocycles. The Hall–Kier alpha value is -2.62. The Labute approximate surface area is 167 Å². The number of phenols is 1. The van der Waals surface area contributed by atoms with Crippen LogP contribution in [-0.2, 0) is 4.79 Å². The molecule has 2 aromatic rings. The molecule has 0 spiro atoms. The number of phenolic OH excluding ortho intramolecular Hbond substituents is 1. The molecule has 3 rings (SSSR count). The molecule has 4 nitrogen and oxygen atoms in total. The lowest BCUT2D eigenvalue weighted by Crippen LogP contribution is -2.43. The topological polar surface area (TPSA) is 61.7 Å². The Morgan fingerprint density at radius 2 is 1.79 bits per heavy atom. The number of para-hydroxylation sites is 1. The molecule has 1 aliphatic carbocycles. The zero-order chi connectivity index (χ0) is 19.9. The summed E-state index contributed by atoms with van der Waals surface area (Å²) < 4.78 is 0. The minimum absolute atomic E-state index is 0.0168. The summed E-state index contributed by atoms with van der Waals surface area (Å²) in [5, 5.41) is 13.9. The SMILES string of the molecule is CC(C)[C@H](/N=C\c1cccc(-c2ccccc2)c1O)C(=O)NC1CCCCC1. The first-order valence-corrected chi connectivity index (χ1v) is 10.3. The van der Waals surface area contributed by atoms with Gasteiger partial charge in [-0.3, -0.25) is 9.79 Å². The number of benzene rings is 2. The molecule has 0 radical (unpaired) electrons. The number of amides is 1. The largest absolute Gasteiger partial charge is 0.507 e. The summed E-state index contributed by atoms with van der Waals surface area (Å²) in [5.41, 5.74) is 2.33. The number of nitrogens with zero attached hydrogens (tertiary/aromatic N) is 1. The third-order valence-electron chi connectivity index (χ3n) is 5.38. The number of carbonyl (C=O) groups is 1. The highest BCUT2D eigenvalue weighted by atomic mass is 16.3. The highest BCUT2D eigenvalue weighted by Crippen LogP contribution is 2.31. The van der Waals surface area contributed by atoms with Gasteiger partial charge in [0.05, 0.1) is 0 Å². The van der Waals surface area contributed by atoms with E-state index < -0.39 is 6.04 Å². The predicted octanol–water partition coefficient (Wildman–Crippen LogP) is 4.95. The zero-order valence-corrected chi connectivity index (χ0v) is 16.8.